The molecule has 0 aromatic heterocycles. The molecular formula is C20H29NO6. The molecule has 1 aromatic carbocycles. The highest BCUT2D eigenvalue weighted by Gasteiger charge is 2.36. The molecule has 0 aliphatic carbocycles. The molecule has 150 valence electrons. The lowest BCUT2D eigenvalue weighted by atomic mass is 10.0. The summed E-state index contributed by atoms with van der Waals surface area (Å²) in [6, 6.07) is 8.34. The summed E-state index contributed by atoms with van der Waals surface area (Å²) in [5.41, 5.74) is 3.23. The Bertz CT molecular complexity index is 620. The maximum atomic E-state index is 10.6. The fraction of sp³-hybridized carbons (Fsp3) is 0.600. The van der Waals surface area contributed by atoms with Crippen LogP contribution < -0.4 is 0 Å². The van der Waals surface area contributed by atoms with E-state index in [2.05, 4.69) is 41.1 Å². The van der Waals surface area contributed by atoms with Gasteiger partial charge < -0.3 is 24.2 Å². The number of ether oxygens (including phenoxy) is 3. The molecule has 1 aliphatic rings. The molecule has 1 aliphatic heterocycles. The van der Waals surface area contributed by atoms with Crippen LogP contribution >= 0.6 is 0 Å². The minimum atomic E-state index is -1.49. The average molecular weight is 379 g/mol. The van der Waals surface area contributed by atoms with Crippen LogP contribution in [-0.2, 0) is 25.5 Å². The smallest absolute Gasteiger partial charge is 0.450 e. The highest BCUT2D eigenvalue weighted by Crippen LogP contribution is 2.25. The van der Waals surface area contributed by atoms with Crippen LogP contribution in [-0.4, -0.2) is 42.8 Å². The van der Waals surface area contributed by atoms with E-state index in [-0.39, 0.29) is 5.92 Å². The molecule has 7 heteroatoms. The van der Waals surface area contributed by atoms with Crippen LogP contribution in [0.4, 0.5) is 4.79 Å². The highest BCUT2D eigenvalue weighted by molar-refractivity contribution is 5.98. The fourth-order valence-corrected chi connectivity index (χ4v) is 2.79. The van der Waals surface area contributed by atoms with Crippen molar-refractivity contribution in [2.24, 2.45) is 11.1 Å². The Balaban J connectivity index is 1.60. The molecule has 1 N–H and O–H groups in total. The van der Waals surface area contributed by atoms with Gasteiger partial charge in [0.15, 0.2) is 0 Å². The Hall–Kier alpha value is -2.12. The Kier molecular flexibility index (Phi) is 8.06. The molecule has 7 nitrogen and oxygen atoms in total. The van der Waals surface area contributed by atoms with Gasteiger partial charge in [-0.05, 0) is 43.7 Å². The van der Waals surface area contributed by atoms with E-state index in [1.165, 1.54) is 12.5 Å². The van der Waals surface area contributed by atoms with Crippen molar-refractivity contribution < 1.29 is 28.9 Å². The van der Waals surface area contributed by atoms with Crippen LogP contribution in [0.3, 0.4) is 0 Å². The van der Waals surface area contributed by atoms with Gasteiger partial charge in [-0.1, -0.05) is 36.3 Å². The van der Waals surface area contributed by atoms with Gasteiger partial charge in [0.2, 0.25) is 0 Å². The maximum absolute atomic E-state index is 10.6. The molecule has 0 bridgehead atoms. The first-order valence-corrected chi connectivity index (χ1v) is 9.37. The van der Waals surface area contributed by atoms with E-state index >= 15 is 0 Å². The summed E-state index contributed by atoms with van der Waals surface area (Å²) < 4.78 is 15.4. The van der Waals surface area contributed by atoms with Crippen LogP contribution in [0.1, 0.15) is 51.2 Å². The molecule has 1 saturated heterocycles. The number of benzene rings is 1. The van der Waals surface area contributed by atoms with Crippen molar-refractivity contribution in [2.45, 2.75) is 52.4 Å². The largest absolute Gasteiger partial charge is 0.510 e. The molecule has 0 amide bonds. The predicted molar refractivity (Wildman–Crippen MR) is 101 cm³/mol. The van der Waals surface area contributed by atoms with Crippen molar-refractivity contribution >= 4 is 11.9 Å². The van der Waals surface area contributed by atoms with Gasteiger partial charge in [-0.2, -0.15) is 0 Å². The van der Waals surface area contributed by atoms with E-state index in [1.807, 2.05) is 6.92 Å². The quantitative estimate of drug-likeness (QED) is 0.300. The fourth-order valence-electron chi connectivity index (χ4n) is 2.79. The Morgan fingerprint density at radius 3 is 2.52 bits per heavy atom. The number of oxime groups is 1. The molecule has 0 atom stereocenters. The molecule has 0 spiro atoms. The monoisotopic (exact) mass is 379 g/mol. The summed E-state index contributed by atoms with van der Waals surface area (Å²) in [5, 5.41) is 12.8. The lowest BCUT2D eigenvalue weighted by Gasteiger charge is -2.35. The molecule has 1 aromatic rings. The van der Waals surface area contributed by atoms with Crippen molar-refractivity contribution in [2.75, 3.05) is 19.8 Å². The van der Waals surface area contributed by atoms with Crippen molar-refractivity contribution in [1.29, 1.82) is 0 Å². The second-order valence-electron chi connectivity index (χ2n) is 6.77. The number of hydrogen-bond donors (Lipinski definition) is 1. The third-order valence-electron chi connectivity index (χ3n) is 4.51. The lowest BCUT2D eigenvalue weighted by molar-refractivity contribution is -0.379. The van der Waals surface area contributed by atoms with E-state index in [4.69, 9.17) is 19.4 Å². The third kappa shape index (κ3) is 7.19. The number of carboxylic acid groups (broad SMARTS) is 1. The normalized spacial score (nSPS) is 23.1. The van der Waals surface area contributed by atoms with Gasteiger partial charge in [-0.3, -0.25) is 0 Å². The summed E-state index contributed by atoms with van der Waals surface area (Å²) in [4.78, 5) is 16.0. The van der Waals surface area contributed by atoms with Crippen molar-refractivity contribution in [3.8, 4) is 0 Å². The maximum Gasteiger partial charge on any atom is 0.510 e. The first-order chi connectivity index (χ1) is 12.9. The van der Waals surface area contributed by atoms with Gasteiger partial charge in [0.25, 0.3) is 0 Å². The topological polar surface area (TPSA) is 86.6 Å². The molecule has 0 saturated carbocycles. The van der Waals surface area contributed by atoms with Gasteiger partial charge >= 0.3 is 12.1 Å². The molecule has 2 rings (SSSR count). The third-order valence-corrected chi connectivity index (χ3v) is 4.51. The summed E-state index contributed by atoms with van der Waals surface area (Å²) in [5.74, 6) is -1.27. The minimum absolute atomic E-state index is 0.220. The van der Waals surface area contributed by atoms with Gasteiger partial charge in [-0.15, -0.1) is 0 Å². The zero-order chi connectivity index (χ0) is 19.7. The zero-order valence-electron chi connectivity index (χ0n) is 16.3. The first-order valence-electron chi connectivity index (χ1n) is 9.37. The minimum Gasteiger partial charge on any atom is -0.450 e. The lowest BCUT2D eigenvalue weighted by Crippen LogP contribution is -2.45. The number of unbranched alkanes of at least 4 members (excludes halogenated alkanes) is 1. The summed E-state index contributed by atoms with van der Waals surface area (Å²) in [7, 11) is 0. The second-order valence-corrected chi connectivity index (χ2v) is 6.77. The Labute approximate surface area is 160 Å². The molecule has 1 heterocycles. The molecule has 1 fully saturated rings. The van der Waals surface area contributed by atoms with Crippen molar-refractivity contribution in [1.82, 2.24) is 0 Å². The van der Waals surface area contributed by atoms with Crippen LogP contribution in [0, 0.1) is 5.92 Å². The number of carbonyl (C=O) groups is 1. The number of hydrogen-bond acceptors (Lipinski definition) is 6. The molecule has 0 unspecified atom stereocenters. The summed E-state index contributed by atoms with van der Waals surface area (Å²) >= 11 is 0. The summed E-state index contributed by atoms with van der Waals surface area (Å²) in [6.07, 6.45) is 2.35. The zero-order valence-corrected chi connectivity index (χ0v) is 16.3. The van der Waals surface area contributed by atoms with Gasteiger partial charge in [0.1, 0.15) is 6.61 Å². The molecule has 27 heavy (non-hydrogen) atoms. The van der Waals surface area contributed by atoms with Crippen LogP contribution in [0.25, 0.3) is 0 Å². The second kappa shape index (κ2) is 10.3. The van der Waals surface area contributed by atoms with E-state index in [1.54, 1.807) is 0 Å². The average Bonchev–Trinajstić information content (AvgIpc) is 2.65. The van der Waals surface area contributed by atoms with Gasteiger partial charge in [-0.25, -0.2) is 4.79 Å². The predicted octanol–water partition coefficient (Wildman–Crippen LogP) is 4.19. The van der Waals surface area contributed by atoms with E-state index in [0.717, 1.165) is 37.0 Å². The van der Waals surface area contributed by atoms with Crippen LogP contribution in [0.15, 0.2) is 29.4 Å². The van der Waals surface area contributed by atoms with Crippen molar-refractivity contribution in [3.05, 3.63) is 35.4 Å². The van der Waals surface area contributed by atoms with Crippen molar-refractivity contribution in [3.63, 3.8) is 0 Å². The van der Waals surface area contributed by atoms with Gasteiger partial charge in [0.05, 0.1) is 18.9 Å². The standard InChI is InChI=1S/C20H29NO6/c1-4-16-8-10-18(11-9-16)15(2)21-26-12-6-5-7-17-13-24-20(3,25-14-17)27-19(22)23/h8-11,17H,4-7,12-14H2,1-3H3,(H,22,23). The number of rotatable bonds is 9. The SMILES string of the molecule is CCc1ccc(C(C)=NOCCCCC2COC(C)(OC(=O)O)OC2)cc1. The first kappa shape index (κ1) is 21.2. The molecule has 0 radical (unpaired) electrons. The van der Waals surface area contributed by atoms with E-state index in [9.17, 15) is 4.79 Å². The van der Waals surface area contributed by atoms with Gasteiger partial charge in [0, 0.05) is 12.8 Å². The molecular weight excluding hydrogens is 350 g/mol. The Morgan fingerprint density at radius 1 is 1.26 bits per heavy atom. The Morgan fingerprint density at radius 2 is 1.93 bits per heavy atom. The number of nitrogens with zero attached hydrogens (tertiary/aromatic N) is 1. The van der Waals surface area contributed by atoms with Crippen LogP contribution in [0.2, 0.25) is 0 Å². The van der Waals surface area contributed by atoms with Crippen LogP contribution in [0.5, 0.6) is 0 Å². The summed E-state index contributed by atoms with van der Waals surface area (Å²) in [6.45, 7) is 6.91. The van der Waals surface area contributed by atoms with E-state index in [0.29, 0.717) is 19.8 Å². The number of aryl methyl sites for hydroxylation is 1. The van der Waals surface area contributed by atoms with E-state index < -0.39 is 12.1 Å². The highest BCUT2D eigenvalue weighted by atomic mass is 16.9.